The molecule has 0 heterocycles. The lowest BCUT2D eigenvalue weighted by molar-refractivity contribution is -0.869. The molecule has 0 amide bonds. The van der Waals surface area contributed by atoms with Crippen LogP contribution in [0.25, 0.3) is 0 Å². The van der Waals surface area contributed by atoms with Crippen LogP contribution in [0.1, 0.15) is 0 Å². The second kappa shape index (κ2) is 5.67. The van der Waals surface area contributed by atoms with Gasteiger partial charge in [0.25, 0.3) is 0 Å². The minimum atomic E-state index is -1.00. The maximum atomic E-state index is 10.5. The third kappa shape index (κ3) is 9.17. The standard InChI is InChI=1S/C9H18N2O4/c1-11(2,3)5-4-10(6-8(12)13)7-9(14)15/h4-7H2,1-3H3,(H-,12,13,14,15)/p+1. The van der Waals surface area contributed by atoms with E-state index < -0.39 is 11.9 Å². The Morgan fingerprint density at radius 1 is 1.07 bits per heavy atom. The van der Waals surface area contributed by atoms with Crippen molar-refractivity contribution in [2.45, 2.75) is 0 Å². The van der Waals surface area contributed by atoms with Gasteiger partial charge in [-0.2, -0.15) is 0 Å². The van der Waals surface area contributed by atoms with Crippen molar-refractivity contribution < 1.29 is 24.3 Å². The number of nitrogens with zero attached hydrogens (tertiary/aromatic N) is 2. The van der Waals surface area contributed by atoms with E-state index >= 15 is 0 Å². The summed E-state index contributed by atoms with van der Waals surface area (Å²) >= 11 is 0. The van der Waals surface area contributed by atoms with Gasteiger partial charge in [0, 0.05) is 6.54 Å². The summed E-state index contributed by atoms with van der Waals surface area (Å²) in [6.07, 6.45) is 0. The highest BCUT2D eigenvalue weighted by molar-refractivity contribution is 5.72. The van der Waals surface area contributed by atoms with Crippen molar-refractivity contribution in [3.05, 3.63) is 0 Å². The summed E-state index contributed by atoms with van der Waals surface area (Å²) in [5.41, 5.74) is 0. The zero-order valence-electron chi connectivity index (χ0n) is 9.43. The first kappa shape index (κ1) is 13.9. The van der Waals surface area contributed by atoms with Crippen LogP contribution in [-0.4, -0.2) is 78.9 Å². The van der Waals surface area contributed by atoms with Crippen LogP contribution in [-0.2, 0) is 9.59 Å². The molecule has 0 saturated heterocycles. The first-order chi connectivity index (χ1) is 6.70. The Balaban J connectivity index is 4.12. The van der Waals surface area contributed by atoms with E-state index in [1.54, 1.807) is 0 Å². The molecular formula is C9H19N2O4+. The number of quaternary nitrogens is 1. The van der Waals surface area contributed by atoms with Gasteiger partial charge in [0.2, 0.25) is 0 Å². The summed E-state index contributed by atoms with van der Waals surface area (Å²) in [4.78, 5) is 22.4. The molecule has 0 saturated carbocycles. The summed E-state index contributed by atoms with van der Waals surface area (Å²) in [6.45, 7) is 0.710. The van der Waals surface area contributed by atoms with Crippen LogP contribution in [0.15, 0.2) is 0 Å². The molecule has 88 valence electrons. The van der Waals surface area contributed by atoms with Crippen LogP contribution in [0.5, 0.6) is 0 Å². The molecule has 0 rings (SSSR count). The van der Waals surface area contributed by atoms with E-state index in [9.17, 15) is 9.59 Å². The third-order valence-electron chi connectivity index (χ3n) is 1.80. The third-order valence-corrected chi connectivity index (χ3v) is 1.80. The molecule has 0 unspecified atom stereocenters. The molecule has 0 aromatic carbocycles. The predicted octanol–water partition coefficient (Wildman–Crippen LogP) is -0.836. The molecular weight excluding hydrogens is 200 g/mol. The maximum Gasteiger partial charge on any atom is 0.317 e. The molecule has 0 bridgehead atoms. The highest BCUT2D eigenvalue weighted by Crippen LogP contribution is 1.94. The lowest BCUT2D eigenvalue weighted by Crippen LogP contribution is -2.44. The summed E-state index contributed by atoms with van der Waals surface area (Å²) in [7, 11) is 5.92. The molecule has 0 spiro atoms. The van der Waals surface area contributed by atoms with Crippen molar-refractivity contribution in [3.63, 3.8) is 0 Å². The first-order valence-electron chi connectivity index (χ1n) is 4.67. The fraction of sp³-hybridized carbons (Fsp3) is 0.778. The molecule has 0 aliphatic carbocycles. The Labute approximate surface area is 89.3 Å². The normalized spacial score (nSPS) is 11.7. The number of carboxylic acid groups (broad SMARTS) is 2. The fourth-order valence-electron chi connectivity index (χ4n) is 1.04. The van der Waals surface area contributed by atoms with Gasteiger partial charge in [0.1, 0.15) is 0 Å². The lowest BCUT2D eigenvalue weighted by Gasteiger charge is -2.27. The van der Waals surface area contributed by atoms with E-state index in [1.165, 1.54) is 4.90 Å². The van der Waals surface area contributed by atoms with Crippen LogP contribution in [0.4, 0.5) is 0 Å². The van der Waals surface area contributed by atoms with Gasteiger partial charge in [-0.15, -0.1) is 0 Å². The second-order valence-electron chi connectivity index (χ2n) is 4.51. The Kier molecular flexibility index (Phi) is 5.24. The molecule has 0 atom stereocenters. The lowest BCUT2D eigenvalue weighted by atomic mass is 10.4. The van der Waals surface area contributed by atoms with Crippen LogP contribution in [0, 0.1) is 0 Å². The van der Waals surface area contributed by atoms with E-state index in [1.807, 2.05) is 21.1 Å². The Morgan fingerprint density at radius 3 is 1.73 bits per heavy atom. The Bertz CT molecular complexity index is 219. The molecule has 0 aromatic heterocycles. The fourth-order valence-corrected chi connectivity index (χ4v) is 1.04. The van der Waals surface area contributed by atoms with Gasteiger partial charge in [0.05, 0.1) is 40.8 Å². The smallest absolute Gasteiger partial charge is 0.317 e. The molecule has 0 aromatic rings. The highest BCUT2D eigenvalue weighted by atomic mass is 16.4. The quantitative estimate of drug-likeness (QED) is 0.546. The van der Waals surface area contributed by atoms with Crippen molar-refractivity contribution >= 4 is 11.9 Å². The van der Waals surface area contributed by atoms with Crippen molar-refractivity contribution in [2.24, 2.45) is 0 Å². The Hall–Kier alpha value is -1.14. The average molecular weight is 219 g/mol. The minimum absolute atomic E-state index is 0.230. The molecule has 6 heteroatoms. The molecule has 2 N–H and O–H groups in total. The Morgan fingerprint density at radius 2 is 1.47 bits per heavy atom. The zero-order valence-corrected chi connectivity index (χ0v) is 9.43. The number of likely N-dealkylation sites (N-methyl/N-ethyl adjacent to an activating group) is 1. The van der Waals surface area contributed by atoms with Crippen LogP contribution in [0.3, 0.4) is 0 Å². The number of aliphatic carboxylic acids is 2. The molecule has 0 aliphatic heterocycles. The van der Waals surface area contributed by atoms with Gasteiger partial charge in [-0.25, -0.2) is 0 Å². The van der Waals surface area contributed by atoms with Gasteiger partial charge >= 0.3 is 11.9 Å². The molecule has 0 radical (unpaired) electrons. The van der Waals surface area contributed by atoms with Crippen LogP contribution < -0.4 is 0 Å². The first-order valence-corrected chi connectivity index (χ1v) is 4.67. The van der Waals surface area contributed by atoms with E-state index in [4.69, 9.17) is 10.2 Å². The highest BCUT2D eigenvalue weighted by Gasteiger charge is 2.16. The van der Waals surface area contributed by atoms with Crippen LogP contribution >= 0.6 is 0 Å². The monoisotopic (exact) mass is 219 g/mol. The van der Waals surface area contributed by atoms with Gasteiger partial charge in [0.15, 0.2) is 0 Å². The number of rotatable bonds is 7. The zero-order chi connectivity index (χ0) is 12.1. The molecule has 0 fully saturated rings. The van der Waals surface area contributed by atoms with E-state index in [0.29, 0.717) is 17.6 Å². The largest absolute Gasteiger partial charge is 0.480 e. The molecule has 6 nitrogen and oxygen atoms in total. The summed E-state index contributed by atoms with van der Waals surface area (Å²) < 4.78 is 0.676. The summed E-state index contributed by atoms with van der Waals surface area (Å²) in [5, 5.41) is 17.2. The van der Waals surface area contributed by atoms with E-state index in [-0.39, 0.29) is 13.1 Å². The molecule has 0 aliphatic rings. The SMILES string of the molecule is C[N+](C)(C)CCN(CC(=O)O)CC(=O)O. The van der Waals surface area contributed by atoms with Crippen molar-refractivity contribution in [1.29, 1.82) is 0 Å². The topological polar surface area (TPSA) is 77.8 Å². The number of hydrogen-bond acceptors (Lipinski definition) is 3. The number of carbonyl (C=O) groups is 2. The average Bonchev–Trinajstić information content (AvgIpc) is 1.96. The minimum Gasteiger partial charge on any atom is -0.480 e. The van der Waals surface area contributed by atoms with E-state index in [0.717, 1.165) is 0 Å². The van der Waals surface area contributed by atoms with Gasteiger partial charge in [-0.05, 0) is 0 Å². The number of carboxylic acids is 2. The van der Waals surface area contributed by atoms with Gasteiger partial charge < -0.3 is 14.7 Å². The van der Waals surface area contributed by atoms with Crippen molar-refractivity contribution in [3.8, 4) is 0 Å². The maximum absolute atomic E-state index is 10.5. The summed E-state index contributed by atoms with van der Waals surface area (Å²) in [6, 6.07) is 0. The van der Waals surface area contributed by atoms with Crippen molar-refractivity contribution in [2.75, 3.05) is 47.3 Å². The van der Waals surface area contributed by atoms with E-state index in [2.05, 4.69) is 0 Å². The predicted molar refractivity (Wildman–Crippen MR) is 54.6 cm³/mol. The second-order valence-corrected chi connectivity index (χ2v) is 4.51. The van der Waals surface area contributed by atoms with Gasteiger partial charge in [-0.1, -0.05) is 0 Å². The van der Waals surface area contributed by atoms with Crippen molar-refractivity contribution in [1.82, 2.24) is 4.90 Å². The number of hydrogen-bond donors (Lipinski definition) is 2. The summed E-state index contributed by atoms with van der Waals surface area (Å²) in [5.74, 6) is -2.00. The van der Waals surface area contributed by atoms with Gasteiger partial charge in [-0.3, -0.25) is 14.5 Å². The van der Waals surface area contributed by atoms with Crippen LogP contribution in [0.2, 0.25) is 0 Å². The molecule has 15 heavy (non-hydrogen) atoms.